The number of ether oxygens (including phenoxy) is 1. The predicted octanol–water partition coefficient (Wildman–Crippen LogP) is 2.89. The van der Waals surface area contributed by atoms with Gasteiger partial charge in [0, 0.05) is 11.1 Å². The molecule has 0 aromatic heterocycles. The molecule has 0 spiro atoms. The van der Waals surface area contributed by atoms with Gasteiger partial charge < -0.3 is 9.29 Å². The van der Waals surface area contributed by atoms with Crippen molar-refractivity contribution in [3.05, 3.63) is 29.3 Å². The molecule has 0 radical (unpaired) electrons. The van der Waals surface area contributed by atoms with Crippen LogP contribution in [-0.4, -0.2) is 22.1 Å². The Morgan fingerprint density at radius 1 is 1.28 bits per heavy atom. The highest BCUT2D eigenvalue weighted by atomic mass is 32.2. The largest absolute Gasteiger partial charge is 0.591 e. The molecule has 1 atom stereocenters. The van der Waals surface area contributed by atoms with Crippen LogP contribution < -0.4 is 4.74 Å². The van der Waals surface area contributed by atoms with Crippen molar-refractivity contribution in [1.29, 1.82) is 0 Å². The van der Waals surface area contributed by atoms with Gasteiger partial charge in [0.1, 0.15) is 21.9 Å². The number of methoxy groups -OCH3 is 1. The van der Waals surface area contributed by atoms with E-state index in [1.54, 1.807) is 7.11 Å². The average molecular weight is 265 g/mol. The van der Waals surface area contributed by atoms with Gasteiger partial charge in [-0.15, -0.1) is 0 Å². The van der Waals surface area contributed by atoms with E-state index in [0.717, 1.165) is 29.9 Å². The number of benzene rings is 1. The zero-order valence-electron chi connectivity index (χ0n) is 11.3. The molecule has 0 bridgehead atoms. The molecule has 18 heavy (non-hydrogen) atoms. The molecule has 3 nitrogen and oxygen atoms in total. The van der Waals surface area contributed by atoms with Gasteiger partial charge in [-0.3, -0.25) is 0 Å². The highest BCUT2D eigenvalue weighted by Crippen LogP contribution is 2.32. The van der Waals surface area contributed by atoms with Crippen molar-refractivity contribution < 1.29 is 9.29 Å². The predicted molar refractivity (Wildman–Crippen MR) is 75.7 cm³/mol. The molecule has 1 aromatic carbocycles. The van der Waals surface area contributed by atoms with Gasteiger partial charge in [-0.2, -0.15) is 0 Å². The van der Waals surface area contributed by atoms with Gasteiger partial charge in [-0.1, -0.05) is 16.5 Å². The topological polar surface area (TPSA) is 44.6 Å². The van der Waals surface area contributed by atoms with Gasteiger partial charge in [0.2, 0.25) is 0 Å². The van der Waals surface area contributed by atoms with Crippen LogP contribution in [0.3, 0.4) is 0 Å². The van der Waals surface area contributed by atoms with Gasteiger partial charge in [0.25, 0.3) is 0 Å². The van der Waals surface area contributed by atoms with Crippen LogP contribution in [0.2, 0.25) is 0 Å². The number of hydrogen-bond acceptors (Lipinski definition) is 3. The Balaban J connectivity index is 2.35. The highest BCUT2D eigenvalue weighted by Gasteiger charge is 2.30. The minimum atomic E-state index is -1.20. The summed E-state index contributed by atoms with van der Waals surface area (Å²) in [6.07, 6.45) is 1.76. The highest BCUT2D eigenvalue weighted by molar-refractivity contribution is 7.91. The summed E-state index contributed by atoms with van der Waals surface area (Å²) < 4.78 is 21.5. The maximum atomic E-state index is 12.1. The molecule has 1 aliphatic rings. The summed E-state index contributed by atoms with van der Waals surface area (Å²) in [6, 6.07) is 5.95. The van der Waals surface area contributed by atoms with E-state index < -0.39 is 11.4 Å². The summed E-state index contributed by atoms with van der Waals surface area (Å²) >= 11 is -1.20. The number of fused-ring (bicyclic) bond motifs is 1. The molecular formula is C14H19NO2S. The summed E-state index contributed by atoms with van der Waals surface area (Å²) in [7, 11) is 1.68. The zero-order valence-corrected chi connectivity index (χ0v) is 12.1. The third-order valence-corrected chi connectivity index (χ3v) is 4.43. The summed E-state index contributed by atoms with van der Waals surface area (Å²) in [5, 5.41) is 0. The van der Waals surface area contributed by atoms with Gasteiger partial charge in [0.15, 0.2) is 0 Å². The third-order valence-electron chi connectivity index (χ3n) is 2.99. The Morgan fingerprint density at radius 2 is 2.00 bits per heavy atom. The maximum absolute atomic E-state index is 12.1. The van der Waals surface area contributed by atoms with Crippen LogP contribution in [0.5, 0.6) is 5.75 Å². The molecule has 0 unspecified atom stereocenters. The van der Waals surface area contributed by atoms with E-state index in [2.05, 4.69) is 4.40 Å². The fraction of sp³-hybridized carbons (Fsp3) is 0.500. The lowest BCUT2D eigenvalue weighted by Crippen LogP contribution is -2.26. The molecule has 0 heterocycles. The summed E-state index contributed by atoms with van der Waals surface area (Å²) in [5.74, 6) is 0.902. The Kier molecular flexibility index (Phi) is 3.69. The molecule has 4 heteroatoms. The van der Waals surface area contributed by atoms with Crippen LogP contribution in [0.4, 0.5) is 0 Å². The Bertz CT molecular complexity index is 477. The molecule has 0 amide bonds. The average Bonchev–Trinajstić information content (AvgIpc) is 2.71. The van der Waals surface area contributed by atoms with Crippen molar-refractivity contribution in [3.8, 4) is 5.75 Å². The minimum absolute atomic E-state index is 0.311. The van der Waals surface area contributed by atoms with Crippen molar-refractivity contribution in [2.75, 3.05) is 7.11 Å². The van der Waals surface area contributed by atoms with Crippen LogP contribution in [0, 0.1) is 0 Å². The number of nitrogens with zero attached hydrogens (tertiary/aromatic N) is 1. The van der Waals surface area contributed by atoms with Gasteiger partial charge in [-0.25, -0.2) is 0 Å². The maximum Gasteiger partial charge on any atom is 0.144 e. The van der Waals surface area contributed by atoms with Crippen molar-refractivity contribution in [2.24, 2.45) is 4.40 Å². The van der Waals surface area contributed by atoms with Crippen LogP contribution in [0.15, 0.2) is 22.6 Å². The SMILES string of the molecule is COc1cccc2c1CCC2=N[S@@+]([O-])C(C)(C)C. The first kappa shape index (κ1) is 13.4. The van der Waals surface area contributed by atoms with Gasteiger partial charge in [0.05, 0.1) is 12.8 Å². The third kappa shape index (κ3) is 2.54. The lowest BCUT2D eigenvalue weighted by molar-refractivity contribution is 0.410. The lowest BCUT2D eigenvalue weighted by atomic mass is 10.1. The van der Waals surface area contributed by atoms with Crippen LogP contribution >= 0.6 is 0 Å². The van der Waals surface area contributed by atoms with Crippen molar-refractivity contribution in [1.82, 2.24) is 0 Å². The molecule has 0 aliphatic heterocycles. The van der Waals surface area contributed by atoms with E-state index in [1.165, 1.54) is 5.56 Å². The minimum Gasteiger partial charge on any atom is -0.591 e. The smallest absolute Gasteiger partial charge is 0.144 e. The second-order valence-electron chi connectivity index (χ2n) is 5.39. The van der Waals surface area contributed by atoms with E-state index in [-0.39, 0.29) is 4.75 Å². The van der Waals surface area contributed by atoms with Gasteiger partial charge in [-0.05, 0) is 39.7 Å². The first-order valence-electron chi connectivity index (χ1n) is 6.09. The van der Waals surface area contributed by atoms with Crippen molar-refractivity contribution in [3.63, 3.8) is 0 Å². The Morgan fingerprint density at radius 3 is 2.61 bits per heavy atom. The molecular weight excluding hydrogens is 246 g/mol. The lowest BCUT2D eigenvalue weighted by Gasteiger charge is -2.18. The monoisotopic (exact) mass is 265 g/mol. The van der Waals surface area contributed by atoms with Crippen molar-refractivity contribution in [2.45, 2.75) is 38.4 Å². The molecule has 98 valence electrons. The van der Waals surface area contributed by atoms with Gasteiger partial charge >= 0.3 is 0 Å². The molecule has 0 saturated carbocycles. The molecule has 2 rings (SSSR count). The second kappa shape index (κ2) is 4.94. The van der Waals surface area contributed by atoms with E-state index in [0.29, 0.717) is 0 Å². The van der Waals surface area contributed by atoms with E-state index in [9.17, 15) is 4.55 Å². The van der Waals surface area contributed by atoms with Crippen LogP contribution in [-0.2, 0) is 17.8 Å². The molecule has 0 fully saturated rings. The Labute approximate surface area is 112 Å². The standard InChI is InChI=1S/C14H19NO2S/c1-14(2,3)18(16)15-12-9-8-11-10(12)6-5-7-13(11)17-4/h5-7H,8-9H2,1-4H3/t18-/m0/s1. The van der Waals surface area contributed by atoms with Crippen LogP contribution in [0.1, 0.15) is 38.3 Å². The van der Waals surface area contributed by atoms with E-state index >= 15 is 0 Å². The fourth-order valence-corrected chi connectivity index (χ4v) is 2.66. The van der Waals surface area contributed by atoms with E-state index in [1.807, 2.05) is 39.0 Å². The normalized spacial score (nSPS) is 18.8. The molecule has 0 saturated heterocycles. The number of rotatable bonds is 2. The fourth-order valence-electron chi connectivity index (χ4n) is 2.00. The molecule has 1 aliphatic carbocycles. The van der Waals surface area contributed by atoms with Crippen molar-refractivity contribution >= 4 is 17.1 Å². The summed E-state index contributed by atoms with van der Waals surface area (Å²) in [6.45, 7) is 5.82. The first-order chi connectivity index (χ1) is 8.43. The molecule has 1 aromatic rings. The summed E-state index contributed by atoms with van der Waals surface area (Å²) in [5.41, 5.74) is 3.22. The van der Waals surface area contributed by atoms with Crippen LogP contribution in [0.25, 0.3) is 0 Å². The molecule has 0 N–H and O–H groups in total. The first-order valence-corrected chi connectivity index (χ1v) is 7.20. The van der Waals surface area contributed by atoms with E-state index in [4.69, 9.17) is 4.74 Å². The Hall–Kier alpha value is -1.00. The number of hydrogen-bond donors (Lipinski definition) is 0. The quantitative estimate of drug-likeness (QED) is 0.772. The second-order valence-corrected chi connectivity index (χ2v) is 7.29. The summed E-state index contributed by atoms with van der Waals surface area (Å²) in [4.78, 5) is 0. The zero-order chi connectivity index (χ0) is 13.3.